The fourth-order valence-corrected chi connectivity index (χ4v) is 3.25. The van der Waals surface area contributed by atoms with Crippen molar-refractivity contribution in [3.05, 3.63) is 97.4 Å². The minimum atomic E-state index is -1.89. The Hall–Kier alpha value is -2.84. The molecule has 0 aliphatic heterocycles. The van der Waals surface area contributed by atoms with Crippen molar-refractivity contribution in [2.24, 2.45) is 0 Å². The smallest absolute Gasteiger partial charge is 0.198 e. The number of pyridine rings is 1. The van der Waals surface area contributed by atoms with E-state index in [2.05, 4.69) is 28.7 Å². The molecule has 2 aromatic carbocycles. The van der Waals surface area contributed by atoms with Crippen LogP contribution in [0.25, 0.3) is 0 Å². The highest BCUT2D eigenvalue weighted by atomic mass is 127. The molecule has 0 aliphatic carbocycles. The van der Waals surface area contributed by atoms with Gasteiger partial charge in [0.2, 0.25) is 0 Å². The first kappa shape index (κ1) is 22.8. The Bertz CT molecular complexity index is 1240. The zero-order valence-electron chi connectivity index (χ0n) is 16.9. The summed E-state index contributed by atoms with van der Waals surface area (Å²) in [4.78, 5) is 4.02. The van der Waals surface area contributed by atoms with Crippen molar-refractivity contribution in [1.29, 1.82) is 0 Å². The third-order valence-electron chi connectivity index (χ3n) is 4.42. The standard InChI is InChI=1S/C25H16F4IN/c1-25(2,3)18-10-8-16(17(13-18)7-6-15-5-4-12-31-14-15)9-11-19-20(26)21(27)22(28)23(29)24(19)30/h4-5,8,10,12-14H,1-3H3. The Morgan fingerprint density at radius 1 is 0.806 bits per heavy atom. The van der Waals surface area contributed by atoms with E-state index in [4.69, 9.17) is 0 Å². The van der Waals surface area contributed by atoms with Crippen LogP contribution in [-0.4, -0.2) is 4.98 Å². The molecule has 1 nitrogen and oxygen atoms in total. The van der Waals surface area contributed by atoms with Crippen LogP contribution in [0.3, 0.4) is 0 Å². The van der Waals surface area contributed by atoms with Crippen LogP contribution < -0.4 is 0 Å². The van der Waals surface area contributed by atoms with E-state index in [0.29, 0.717) is 16.7 Å². The van der Waals surface area contributed by atoms with E-state index < -0.39 is 32.4 Å². The molecule has 0 spiro atoms. The number of hydrogen-bond acceptors (Lipinski definition) is 1. The molecular formula is C25H16F4IN. The molecule has 156 valence electrons. The fourth-order valence-electron chi connectivity index (χ4n) is 2.64. The summed E-state index contributed by atoms with van der Waals surface area (Å²) < 4.78 is 54.6. The summed E-state index contributed by atoms with van der Waals surface area (Å²) in [6.45, 7) is 6.15. The van der Waals surface area contributed by atoms with Gasteiger partial charge in [0.25, 0.3) is 0 Å². The Labute approximate surface area is 192 Å². The number of benzene rings is 2. The summed E-state index contributed by atoms with van der Waals surface area (Å²) in [5, 5.41) is 0. The molecule has 0 aliphatic rings. The average molecular weight is 533 g/mol. The lowest BCUT2D eigenvalue weighted by Gasteiger charge is -2.19. The second-order valence-corrected chi connectivity index (χ2v) is 8.78. The normalized spacial score (nSPS) is 10.7. The molecule has 31 heavy (non-hydrogen) atoms. The Morgan fingerprint density at radius 3 is 2.13 bits per heavy atom. The monoisotopic (exact) mass is 533 g/mol. The van der Waals surface area contributed by atoms with Crippen molar-refractivity contribution in [3.63, 3.8) is 0 Å². The maximum Gasteiger partial charge on any atom is 0.198 e. The minimum absolute atomic E-state index is 0.151. The van der Waals surface area contributed by atoms with Gasteiger partial charge >= 0.3 is 0 Å². The maximum atomic E-state index is 14.2. The van der Waals surface area contributed by atoms with Crippen molar-refractivity contribution in [2.45, 2.75) is 26.2 Å². The number of rotatable bonds is 0. The van der Waals surface area contributed by atoms with E-state index in [1.807, 2.05) is 32.9 Å². The third-order valence-corrected chi connectivity index (χ3v) is 5.43. The number of halogens is 5. The number of hydrogen-bond donors (Lipinski definition) is 0. The van der Waals surface area contributed by atoms with E-state index >= 15 is 0 Å². The van der Waals surface area contributed by atoms with E-state index in [-0.39, 0.29) is 5.41 Å². The van der Waals surface area contributed by atoms with Crippen LogP contribution in [0.1, 0.15) is 48.6 Å². The molecular weight excluding hydrogens is 517 g/mol. The Balaban J connectivity index is 2.15. The fraction of sp³-hybridized carbons (Fsp3) is 0.160. The molecule has 1 heterocycles. The lowest BCUT2D eigenvalue weighted by Crippen LogP contribution is -2.11. The van der Waals surface area contributed by atoms with Crippen LogP contribution >= 0.6 is 22.6 Å². The van der Waals surface area contributed by atoms with Gasteiger partial charge in [-0.1, -0.05) is 50.5 Å². The molecule has 0 radical (unpaired) electrons. The first-order chi connectivity index (χ1) is 14.6. The predicted octanol–water partition coefficient (Wildman–Crippen LogP) is 6.34. The van der Waals surface area contributed by atoms with Gasteiger partial charge < -0.3 is 0 Å². The van der Waals surface area contributed by atoms with Crippen molar-refractivity contribution in [3.8, 4) is 23.7 Å². The van der Waals surface area contributed by atoms with Crippen molar-refractivity contribution >= 4 is 22.6 Å². The minimum Gasteiger partial charge on any atom is -0.263 e. The van der Waals surface area contributed by atoms with Crippen LogP contribution in [0.15, 0.2) is 42.7 Å². The highest BCUT2D eigenvalue weighted by Crippen LogP contribution is 2.26. The molecule has 0 N–H and O–H groups in total. The van der Waals surface area contributed by atoms with E-state index in [9.17, 15) is 17.6 Å². The van der Waals surface area contributed by atoms with Gasteiger partial charge in [-0.15, -0.1) is 0 Å². The first-order valence-electron chi connectivity index (χ1n) is 9.19. The van der Waals surface area contributed by atoms with E-state index in [1.165, 1.54) is 22.6 Å². The molecule has 0 unspecified atom stereocenters. The van der Waals surface area contributed by atoms with E-state index in [0.717, 1.165) is 5.56 Å². The summed E-state index contributed by atoms with van der Waals surface area (Å²) >= 11 is 1.41. The summed E-state index contributed by atoms with van der Waals surface area (Å²) in [6.07, 6.45) is 3.26. The summed E-state index contributed by atoms with van der Waals surface area (Å²) in [7, 11) is 0. The zero-order valence-corrected chi connectivity index (χ0v) is 19.0. The van der Waals surface area contributed by atoms with Crippen molar-refractivity contribution in [2.75, 3.05) is 0 Å². The van der Waals surface area contributed by atoms with Crippen molar-refractivity contribution < 1.29 is 17.6 Å². The van der Waals surface area contributed by atoms with Crippen LogP contribution in [0.2, 0.25) is 0 Å². The summed E-state index contributed by atoms with van der Waals surface area (Å²) in [5.74, 6) is 4.48. The predicted molar refractivity (Wildman–Crippen MR) is 120 cm³/mol. The number of nitrogens with zero attached hydrogens (tertiary/aromatic N) is 1. The molecule has 0 bridgehead atoms. The summed E-state index contributed by atoms with van der Waals surface area (Å²) in [6, 6.07) is 9.04. The van der Waals surface area contributed by atoms with Gasteiger partial charge in [0, 0.05) is 29.1 Å². The molecule has 0 fully saturated rings. The lowest BCUT2D eigenvalue weighted by molar-refractivity contribution is 0.404. The molecule has 0 saturated heterocycles. The SMILES string of the molecule is CC(C)(C)c1ccc(C#Cc2c(F)c(F)c(F)c(F)c2I)c(C#Cc2cccnc2)c1. The van der Waals surface area contributed by atoms with Crippen LogP contribution in [0.5, 0.6) is 0 Å². The largest absolute Gasteiger partial charge is 0.263 e. The topological polar surface area (TPSA) is 12.9 Å². The third kappa shape index (κ3) is 5.08. The first-order valence-corrected chi connectivity index (χ1v) is 10.3. The average Bonchev–Trinajstić information content (AvgIpc) is 2.75. The Morgan fingerprint density at radius 2 is 1.48 bits per heavy atom. The van der Waals surface area contributed by atoms with Crippen LogP contribution in [0, 0.1) is 50.5 Å². The van der Waals surface area contributed by atoms with Gasteiger partial charge in [0.1, 0.15) is 0 Å². The molecule has 6 heteroatoms. The van der Waals surface area contributed by atoms with Crippen LogP contribution in [-0.2, 0) is 5.41 Å². The van der Waals surface area contributed by atoms with Gasteiger partial charge in [-0.05, 0) is 57.8 Å². The van der Waals surface area contributed by atoms with Gasteiger partial charge in [0.15, 0.2) is 23.3 Å². The molecule has 0 atom stereocenters. The van der Waals surface area contributed by atoms with Crippen molar-refractivity contribution in [1.82, 2.24) is 4.98 Å². The molecule has 3 aromatic rings. The lowest BCUT2D eigenvalue weighted by atomic mass is 9.85. The van der Waals surface area contributed by atoms with Gasteiger partial charge in [0.05, 0.1) is 9.13 Å². The second kappa shape index (κ2) is 9.11. The van der Waals surface area contributed by atoms with Gasteiger partial charge in [-0.3, -0.25) is 4.98 Å². The number of aromatic nitrogens is 1. The maximum absolute atomic E-state index is 14.2. The highest BCUT2D eigenvalue weighted by Gasteiger charge is 2.23. The van der Waals surface area contributed by atoms with E-state index in [1.54, 1.807) is 30.6 Å². The summed E-state index contributed by atoms with van der Waals surface area (Å²) in [5.41, 5.74) is 2.04. The highest BCUT2D eigenvalue weighted by molar-refractivity contribution is 14.1. The van der Waals surface area contributed by atoms with Gasteiger partial charge in [-0.2, -0.15) is 0 Å². The Kier molecular flexibility index (Phi) is 6.71. The zero-order chi connectivity index (χ0) is 22.8. The molecule has 3 rings (SSSR count). The molecule has 0 amide bonds. The molecule has 0 saturated carbocycles. The molecule has 1 aromatic heterocycles. The second-order valence-electron chi connectivity index (χ2n) is 7.70. The van der Waals surface area contributed by atoms with Crippen LogP contribution in [0.4, 0.5) is 17.6 Å². The van der Waals surface area contributed by atoms with Gasteiger partial charge in [-0.25, -0.2) is 17.6 Å². The quantitative estimate of drug-likeness (QED) is 0.108.